The van der Waals surface area contributed by atoms with Crippen LogP contribution in [0, 0.1) is 0 Å². The van der Waals surface area contributed by atoms with Crippen molar-refractivity contribution in [2.24, 2.45) is 0 Å². The quantitative estimate of drug-likeness (QED) is 0.889. The zero-order chi connectivity index (χ0) is 14.3. The predicted molar refractivity (Wildman–Crippen MR) is 78.5 cm³/mol. The van der Waals surface area contributed by atoms with E-state index in [1.165, 1.54) is 0 Å². The topological polar surface area (TPSA) is 32.7 Å². The van der Waals surface area contributed by atoms with Crippen LogP contribution in [0.1, 0.15) is 46.3 Å². The minimum Gasteiger partial charge on any atom is -0.389 e. The van der Waals surface area contributed by atoms with Gasteiger partial charge in [0.05, 0.1) is 17.3 Å². The summed E-state index contributed by atoms with van der Waals surface area (Å²) >= 11 is 0. The maximum absolute atomic E-state index is 9.94. The van der Waals surface area contributed by atoms with Crippen molar-refractivity contribution < 1.29 is 9.84 Å². The number of hydrogen-bond donors (Lipinski definition) is 1. The van der Waals surface area contributed by atoms with Crippen molar-refractivity contribution in [1.29, 1.82) is 0 Å². The van der Waals surface area contributed by atoms with Gasteiger partial charge in [-0.3, -0.25) is 0 Å². The van der Waals surface area contributed by atoms with Crippen molar-refractivity contribution in [3.05, 3.63) is 29.8 Å². The minimum absolute atomic E-state index is 0.187. The van der Waals surface area contributed by atoms with E-state index < -0.39 is 6.10 Å². The van der Waals surface area contributed by atoms with E-state index in [-0.39, 0.29) is 11.2 Å². The molecule has 1 aromatic carbocycles. The van der Waals surface area contributed by atoms with Gasteiger partial charge >= 0.3 is 0 Å². The molecule has 1 aromatic rings. The zero-order valence-electron chi connectivity index (χ0n) is 12.6. The van der Waals surface area contributed by atoms with Crippen molar-refractivity contribution in [3.63, 3.8) is 0 Å². The van der Waals surface area contributed by atoms with Crippen LogP contribution in [-0.2, 0) is 4.74 Å². The first kappa shape index (κ1) is 14.4. The Balaban J connectivity index is 2.36. The number of aliphatic hydroxyl groups is 1. The molecule has 2 rings (SSSR count). The number of rotatable bonds is 2. The third-order valence-corrected chi connectivity index (χ3v) is 3.42. The van der Waals surface area contributed by atoms with E-state index >= 15 is 0 Å². The SMILES string of the molecule is C[C@H](O)c1ccccc1N1CC(C)(C)OC(C)(C)C1. The van der Waals surface area contributed by atoms with Crippen molar-refractivity contribution in [1.82, 2.24) is 0 Å². The molecule has 0 amide bonds. The highest BCUT2D eigenvalue weighted by atomic mass is 16.5. The van der Waals surface area contributed by atoms with E-state index in [2.05, 4.69) is 38.7 Å². The van der Waals surface area contributed by atoms with Crippen LogP contribution < -0.4 is 4.90 Å². The van der Waals surface area contributed by atoms with Crippen molar-refractivity contribution in [3.8, 4) is 0 Å². The monoisotopic (exact) mass is 263 g/mol. The summed E-state index contributed by atoms with van der Waals surface area (Å²) in [6, 6.07) is 8.08. The Bertz CT molecular complexity index is 436. The van der Waals surface area contributed by atoms with Gasteiger partial charge in [0.2, 0.25) is 0 Å². The molecule has 3 nitrogen and oxygen atoms in total. The lowest BCUT2D eigenvalue weighted by Crippen LogP contribution is -2.57. The van der Waals surface area contributed by atoms with Gasteiger partial charge in [0.25, 0.3) is 0 Å². The zero-order valence-corrected chi connectivity index (χ0v) is 12.6. The summed E-state index contributed by atoms with van der Waals surface area (Å²) in [4.78, 5) is 2.32. The maximum Gasteiger partial charge on any atom is 0.0808 e. The second-order valence-electron chi connectivity index (χ2n) is 6.71. The molecule has 106 valence electrons. The first-order valence-corrected chi connectivity index (χ1v) is 6.92. The third kappa shape index (κ3) is 3.28. The summed E-state index contributed by atoms with van der Waals surface area (Å²) in [7, 11) is 0. The fourth-order valence-electron chi connectivity index (χ4n) is 3.09. The van der Waals surface area contributed by atoms with Crippen LogP contribution in [0.25, 0.3) is 0 Å². The van der Waals surface area contributed by atoms with Crippen LogP contribution in [0.3, 0.4) is 0 Å². The molecule has 0 bridgehead atoms. The minimum atomic E-state index is -0.453. The summed E-state index contributed by atoms with van der Waals surface area (Å²) < 4.78 is 6.11. The molecular formula is C16H25NO2. The van der Waals surface area contributed by atoms with E-state index in [9.17, 15) is 5.11 Å². The summed E-state index contributed by atoms with van der Waals surface area (Å²) in [5.74, 6) is 0. The molecule has 1 N–H and O–H groups in total. The third-order valence-electron chi connectivity index (χ3n) is 3.42. The number of ether oxygens (including phenoxy) is 1. The first-order valence-electron chi connectivity index (χ1n) is 6.92. The van der Waals surface area contributed by atoms with Crippen LogP contribution in [0.5, 0.6) is 0 Å². The fourth-order valence-corrected chi connectivity index (χ4v) is 3.09. The van der Waals surface area contributed by atoms with Crippen LogP contribution in [0.4, 0.5) is 5.69 Å². The maximum atomic E-state index is 9.94. The van der Waals surface area contributed by atoms with E-state index in [1.807, 2.05) is 25.1 Å². The number of hydrogen-bond acceptors (Lipinski definition) is 3. The second kappa shape index (κ2) is 4.80. The Morgan fingerprint density at radius 3 is 2.16 bits per heavy atom. The number of morpholine rings is 1. The Hall–Kier alpha value is -1.06. The van der Waals surface area contributed by atoms with Crippen molar-refractivity contribution in [2.75, 3.05) is 18.0 Å². The van der Waals surface area contributed by atoms with Crippen LogP contribution >= 0.6 is 0 Å². The lowest BCUT2D eigenvalue weighted by atomic mass is 9.96. The highest BCUT2D eigenvalue weighted by molar-refractivity contribution is 5.55. The second-order valence-corrected chi connectivity index (χ2v) is 6.71. The number of nitrogens with zero attached hydrogens (tertiary/aromatic N) is 1. The molecule has 0 unspecified atom stereocenters. The summed E-state index contributed by atoms with van der Waals surface area (Å²) in [5.41, 5.74) is 1.72. The largest absolute Gasteiger partial charge is 0.389 e. The molecule has 0 radical (unpaired) electrons. The molecule has 1 saturated heterocycles. The number of anilines is 1. The highest BCUT2D eigenvalue weighted by Gasteiger charge is 2.38. The predicted octanol–water partition coefficient (Wildman–Crippen LogP) is 3.13. The Morgan fingerprint density at radius 1 is 1.11 bits per heavy atom. The molecule has 0 saturated carbocycles. The van der Waals surface area contributed by atoms with Crippen molar-refractivity contribution in [2.45, 2.75) is 51.9 Å². The molecule has 3 heteroatoms. The van der Waals surface area contributed by atoms with E-state index in [4.69, 9.17) is 4.74 Å². The van der Waals surface area contributed by atoms with Gasteiger partial charge in [-0.2, -0.15) is 0 Å². The lowest BCUT2D eigenvalue weighted by molar-refractivity contribution is -0.133. The van der Waals surface area contributed by atoms with Crippen LogP contribution in [0.2, 0.25) is 0 Å². The lowest BCUT2D eigenvalue weighted by Gasteiger charge is -2.48. The molecule has 1 heterocycles. The summed E-state index contributed by atoms with van der Waals surface area (Å²) in [5, 5.41) is 9.94. The van der Waals surface area contributed by atoms with Gasteiger partial charge in [0.15, 0.2) is 0 Å². The Labute approximate surface area is 116 Å². The smallest absolute Gasteiger partial charge is 0.0808 e. The fraction of sp³-hybridized carbons (Fsp3) is 0.625. The standard InChI is InChI=1S/C16H25NO2/c1-12(18)13-8-6-7-9-14(13)17-10-15(2,3)19-16(4,5)11-17/h6-9,12,18H,10-11H2,1-5H3/t12-/m0/s1. The van der Waals surface area contributed by atoms with Gasteiger partial charge in [0, 0.05) is 24.3 Å². The van der Waals surface area contributed by atoms with Gasteiger partial charge < -0.3 is 14.7 Å². The average Bonchev–Trinajstić information content (AvgIpc) is 2.24. The molecule has 0 aliphatic carbocycles. The first-order chi connectivity index (χ1) is 8.70. The van der Waals surface area contributed by atoms with Gasteiger partial charge in [-0.05, 0) is 40.7 Å². The number of benzene rings is 1. The highest BCUT2D eigenvalue weighted by Crippen LogP contribution is 2.34. The van der Waals surface area contributed by atoms with Crippen molar-refractivity contribution >= 4 is 5.69 Å². The van der Waals surface area contributed by atoms with Gasteiger partial charge in [-0.25, -0.2) is 0 Å². The van der Waals surface area contributed by atoms with Gasteiger partial charge in [0.1, 0.15) is 0 Å². The molecule has 1 atom stereocenters. The molecule has 0 spiro atoms. The average molecular weight is 263 g/mol. The molecule has 0 aromatic heterocycles. The van der Waals surface area contributed by atoms with Crippen LogP contribution in [-0.4, -0.2) is 29.4 Å². The van der Waals surface area contributed by atoms with Gasteiger partial charge in [-0.15, -0.1) is 0 Å². The normalized spacial score (nSPS) is 23.2. The number of para-hydroxylation sites is 1. The molecule has 19 heavy (non-hydrogen) atoms. The van der Waals surface area contributed by atoms with E-state index in [0.717, 1.165) is 24.3 Å². The van der Waals surface area contributed by atoms with Crippen LogP contribution in [0.15, 0.2) is 24.3 Å². The molecule has 1 aliphatic rings. The molecule has 1 aliphatic heterocycles. The van der Waals surface area contributed by atoms with E-state index in [0.29, 0.717) is 0 Å². The molecular weight excluding hydrogens is 238 g/mol. The Morgan fingerprint density at radius 2 is 1.63 bits per heavy atom. The number of aliphatic hydroxyl groups excluding tert-OH is 1. The Kier molecular flexibility index (Phi) is 3.63. The van der Waals surface area contributed by atoms with E-state index in [1.54, 1.807) is 0 Å². The summed E-state index contributed by atoms with van der Waals surface area (Å²) in [6.45, 7) is 11.9. The summed E-state index contributed by atoms with van der Waals surface area (Å²) in [6.07, 6.45) is -0.453. The van der Waals surface area contributed by atoms with Gasteiger partial charge in [-0.1, -0.05) is 18.2 Å². The molecule has 1 fully saturated rings.